The second-order valence-corrected chi connectivity index (χ2v) is 5.46. The monoisotopic (exact) mass is 352 g/mol. The zero-order chi connectivity index (χ0) is 18.4. The van der Waals surface area contributed by atoms with E-state index in [2.05, 4.69) is 10.6 Å². The Kier molecular flexibility index (Phi) is 5.28. The summed E-state index contributed by atoms with van der Waals surface area (Å²) < 4.78 is 10.4. The first kappa shape index (κ1) is 17.2. The highest BCUT2D eigenvalue weighted by atomic mass is 16.5. The molecule has 0 unspecified atom stereocenters. The van der Waals surface area contributed by atoms with Gasteiger partial charge in [-0.3, -0.25) is 10.1 Å². The maximum absolute atomic E-state index is 11.8. The molecule has 1 aromatic heterocycles. The first-order valence-corrected chi connectivity index (χ1v) is 7.88. The molecule has 0 fully saturated rings. The van der Waals surface area contributed by atoms with Crippen LogP contribution in [-0.4, -0.2) is 18.5 Å². The Morgan fingerprint density at radius 3 is 2.58 bits per heavy atom. The van der Waals surface area contributed by atoms with Crippen LogP contribution in [0.25, 0.3) is 11.0 Å². The topological polar surface area (TPSA) is 97.6 Å². The van der Waals surface area contributed by atoms with Crippen LogP contribution in [0.1, 0.15) is 5.56 Å². The van der Waals surface area contributed by atoms with Crippen LogP contribution >= 0.6 is 0 Å². The Hall–Kier alpha value is -3.61. The average molecular weight is 352 g/mol. The molecule has 0 spiro atoms. The number of hydrogen-bond donors (Lipinski definition) is 2. The second-order valence-electron chi connectivity index (χ2n) is 5.46. The fourth-order valence-electron chi connectivity index (χ4n) is 2.26. The summed E-state index contributed by atoms with van der Waals surface area (Å²) in [5.41, 5.74) is 0.808. The van der Waals surface area contributed by atoms with Gasteiger partial charge in [0.25, 0.3) is 5.91 Å². The Labute approximate surface area is 148 Å². The summed E-state index contributed by atoms with van der Waals surface area (Å²) in [4.78, 5) is 34.7. The number of carbonyl (C=O) groups excluding carboxylic acids is 2. The van der Waals surface area contributed by atoms with Crippen LogP contribution in [0.5, 0.6) is 5.75 Å². The number of fused-ring (bicyclic) bond motifs is 1. The fraction of sp³-hybridized carbons (Fsp3) is 0.105. The molecule has 0 bridgehead atoms. The first-order valence-electron chi connectivity index (χ1n) is 7.88. The number of hydrogen-bond acceptors (Lipinski definition) is 5. The molecule has 26 heavy (non-hydrogen) atoms. The van der Waals surface area contributed by atoms with Gasteiger partial charge in [0.2, 0.25) is 0 Å². The molecule has 132 valence electrons. The third-order valence-corrected chi connectivity index (χ3v) is 3.51. The maximum atomic E-state index is 11.8. The molecule has 0 aliphatic carbocycles. The van der Waals surface area contributed by atoms with Crippen LogP contribution in [0.2, 0.25) is 0 Å². The number of imide groups is 1. The third-order valence-electron chi connectivity index (χ3n) is 3.51. The molecule has 2 N–H and O–H groups in total. The van der Waals surface area contributed by atoms with Crippen molar-refractivity contribution in [3.05, 3.63) is 76.6 Å². The third kappa shape index (κ3) is 4.70. The summed E-state index contributed by atoms with van der Waals surface area (Å²) in [5.74, 6) is -0.239. The van der Waals surface area contributed by atoms with Crippen LogP contribution in [0, 0.1) is 0 Å². The molecule has 1 heterocycles. The van der Waals surface area contributed by atoms with E-state index in [0.29, 0.717) is 17.9 Å². The van der Waals surface area contributed by atoms with Gasteiger partial charge in [-0.25, -0.2) is 9.59 Å². The van der Waals surface area contributed by atoms with Crippen molar-refractivity contribution >= 4 is 22.9 Å². The van der Waals surface area contributed by atoms with E-state index < -0.39 is 17.6 Å². The number of rotatable bonds is 5. The van der Waals surface area contributed by atoms with Gasteiger partial charge in [0.05, 0.1) is 0 Å². The van der Waals surface area contributed by atoms with E-state index >= 15 is 0 Å². The molecule has 3 rings (SSSR count). The van der Waals surface area contributed by atoms with Crippen molar-refractivity contribution in [3.8, 4) is 5.75 Å². The summed E-state index contributed by atoms with van der Waals surface area (Å²) in [5, 5.41) is 5.50. The van der Waals surface area contributed by atoms with Crippen molar-refractivity contribution in [3.63, 3.8) is 0 Å². The summed E-state index contributed by atoms with van der Waals surface area (Å²) in [6.07, 6.45) is 0. The number of nitrogens with one attached hydrogen (secondary N) is 2. The largest absolute Gasteiger partial charge is 0.484 e. The second kappa shape index (κ2) is 7.98. The smallest absolute Gasteiger partial charge is 0.336 e. The van der Waals surface area contributed by atoms with E-state index in [0.717, 1.165) is 10.9 Å². The van der Waals surface area contributed by atoms with Crippen LogP contribution in [0.3, 0.4) is 0 Å². The normalized spacial score (nSPS) is 10.3. The van der Waals surface area contributed by atoms with E-state index in [9.17, 15) is 14.4 Å². The van der Waals surface area contributed by atoms with Crippen LogP contribution < -0.4 is 21.0 Å². The summed E-state index contributed by atoms with van der Waals surface area (Å²) in [6, 6.07) is 16.5. The molecule has 0 radical (unpaired) electrons. The molecule has 7 nitrogen and oxygen atoms in total. The van der Waals surface area contributed by atoms with E-state index in [-0.39, 0.29) is 6.61 Å². The molecule has 3 amide bonds. The van der Waals surface area contributed by atoms with Crippen LogP contribution in [0.15, 0.2) is 69.9 Å². The molecular formula is C19H16N2O5. The van der Waals surface area contributed by atoms with Crippen molar-refractivity contribution in [1.29, 1.82) is 0 Å². The minimum Gasteiger partial charge on any atom is -0.484 e. The molecule has 2 aromatic carbocycles. The lowest BCUT2D eigenvalue weighted by Crippen LogP contribution is -2.41. The van der Waals surface area contributed by atoms with Gasteiger partial charge in [-0.1, -0.05) is 30.3 Å². The average Bonchev–Trinajstić information content (AvgIpc) is 2.65. The van der Waals surface area contributed by atoms with Crippen molar-refractivity contribution < 1.29 is 18.7 Å². The molecule has 7 heteroatoms. The molecular weight excluding hydrogens is 336 g/mol. The Balaban J connectivity index is 1.49. The quantitative estimate of drug-likeness (QED) is 0.686. The van der Waals surface area contributed by atoms with Gasteiger partial charge in [-0.15, -0.1) is 0 Å². The molecule has 0 aliphatic rings. The minimum atomic E-state index is -0.605. The summed E-state index contributed by atoms with van der Waals surface area (Å²) in [6.45, 7) is -0.0359. The highest BCUT2D eigenvalue weighted by Gasteiger charge is 2.09. The summed E-state index contributed by atoms with van der Waals surface area (Å²) in [7, 11) is 0. The number of urea groups is 1. The van der Waals surface area contributed by atoms with Crippen molar-refractivity contribution in [1.82, 2.24) is 10.6 Å². The number of amides is 3. The summed E-state index contributed by atoms with van der Waals surface area (Å²) >= 11 is 0. The minimum absolute atomic E-state index is 0.310. The number of benzene rings is 2. The lowest BCUT2D eigenvalue weighted by Gasteiger charge is -2.08. The Morgan fingerprint density at radius 1 is 1.00 bits per heavy atom. The Morgan fingerprint density at radius 2 is 1.77 bits per heavy atom. The van der Waals surface area contributed by atoms with Crippen molar-refractivity contribution in [2.45, 2.75) is 6.54 Å². The van der Waals surface area contributed by atoms with Gasteiger partial charge < -0.3 is 14.5 Å². The zero-order valence-corrected chi connectivity index (χ0v) is 13.7. The van der Waals surface area contributed by atoms with Gasteiger partial charge in [0.15, 0.2) is 6.61 Å². The zero-order valence-electron chi connectivity index (χ0n) is 13.7. The predicted octanol–water partition coefficient (Wildman–Crippen LogP) is 2.20. The molecule has 0 atom stereocenters. The molecule has 0 aliphatic heterocycles. The highest BCUT2D eigenvalue weighted by Crippen LogP contribution is 2.19. The standard InChI is InChI=1S/C19H16N2O5/c22-17(21-19(24)20-11-13-4-2-1-3-5-13)12-25-15-8-6-14-7-9-18(23)26-16(14)10-15/h1-10H,11-12H2,(H2,20,21,22,24). The van der Waals surface area contributed by atoms with Gasteiger partial charge in [0, 0.05) is 24.1 Å². The number of ether oxygens (including phenoxy) is 1. The predicted molar refractivity (Wildman–Crippen MR) is 94.8 cm³/mol. The van der Waals surface area contributed by atoms with Gasteiger partial charge >= 0.3 is 11.7 Å². The lowest BCUT2D eigenvalue weighted by atomic mass is 10.2. The lowest BCUT2D eigenvalue weighted by molar-refractivity contribution is -0.122. The SMILES string of the molecule is O=C(COc1ccc2ccc(=O)oc2c1)NC(=O)NCc1ccccc1. The Bertz CT molecular complexity index is 982. The fourth-order valence-corrected chi connectivity index (χ4v) is 2.26. The molecule has 3 aromatic rings. The van der Waals surface area contributed by atoms with Gasteiger partial charge in [-0.05, 0) is 23.8 Å². The van der Waals surface area contributed by atoms with Gasteiger partial charge in [0.1, 0.15) is 11.3 Å². The van der Waals surface area contributed by atoms with E-state index in [1.54, 1.807) is 18.2 Å². The van der Waals surface area contributed by atoms with Crippen molar-refractivity contribution in [2.24, 2.45) is 0 Å². The van der Waals surface area contributed by atoms with E-state index in [4.69, 9.17) is 9.15 Å². The number of carbonyl (C=O) groups is 2. The highest BCUT2D eigenvalue weighted by molar-refractivity contribution is 5.95. The van der Waals surface area contributed by atoms with Crippen LogP contribution in [-0.2, 0) is 11.3 Å². The molecule has 0 saturated carbocycles. The van der Waals surface area contributed by atoms with Crippen LogP contribution in [0.4, 0.5) is 4.79 Å². The first-order chi connectivity index (χ1) is 12.6. The van der Waals surface area contributed by atoms with E-state index in [1.165, 1.54) is 12.1 Å². The van der Waals surface area contributed by atoms with Crippen molar-refractivity contribution in [2.75, 3.05) is 6.61 Å². The van der Waals surface area contributed by atoms with Gasteiger partial charge in [-0.2, -0.15) is 0 Å². The molecule has 0 saturated heterocycles. The van der Waals surface area contributed by atoms with E-state index in [1.807, 2.05) is 30.3 Å². The maximum Gasteiger partial charge on any atom is 0.336 e.